The fourth-order valence-corrected chi connectivity index (χ4v) is 3.97. The van der Waals surface area contributed by atoms with Crippen LogP contribution >= 0.6 is 11.8 Å². The number of nitrogens with one attached hydrogen (secondary N) is 1. The van der Waals surface area contributed by atoms with Crippen LogP contribution in [-0.2, 0) is 11.4 Å². The zero-order valence-electron chi connectivity index (χ0n) is 18.3. The van der Waals surface area contributed by atoms with E-state index in [1.54, 1.807) is 13.4 Å². The predicted octanol–water partition coefficient (Wildman–Crippen LogP) is 4.97. The fraction of sp³-hybridized carbons (Fsp3) is 0.160. The van der Waals surface area contributed by atoms with E-state index in [9.17, 15) is 4.79 Å². The van der Waals surface area contributed by atoms with Crippen molar-refractivity contribution >= 4 is 23.4 Å². The SMILES string of the molecule is COc1ccccc1-n1cnnc1S[C@H](C)C(=O)Nc1ccc(OCc2ccccc2)cc1. The first-order valence-corrected chi connectivity index (χ1v) is 11.3. The Balaban J connectivity index is 1.35. The van der Waals surface area contributed by atoms with Gasteiger partial charge >= 0.3 is 0 Å². The first-order chi connectivity index (χ1) is 16.1. The standard InChI is InChI=1S/C25H24N4O3S/c1-18(33-25-28-26-17-29(25)22-10-6-7-11-23(22)31-2)24(30)27-20-12-14-21(15-13-20)32-16-19-8-4-3-5-9-19/h3-15,17-18H,16H2,1-2H3,(H,27,30)/t18-/m1/s1. The summed E-state index contributed by atoms with van der Waals surface area (Å²) >= 11 is 1.32. The molecule has 0 aliphatic carbocycles. The first-order valence-electron chi connectivity index (χ1n) is 10.4. The van der Waals surface area contributed by atoms with Crippen molar-refractivity contribution in [2.24, 2.45) is 0 Å². The number of thioether (sulfide) groups is 1. The highest BCUT2D eigenvalue weighted by Gasteiger charge is 2.19. The highest BCUT2D eigenvalue weighted by molar-refractivity contribution is 8.00. The normalized spacial score (nSPS) is 11.6. The minimum Gasteiger partial charge on any atom is -0.495 e. The number of benzene rings is 3. The third kappa shape index (κ3) is 5.72. The van der Waals surface area contributed by atoms with Gasteiger partial charge in [-0.05, 0) is 48.9 Å². The second kappa shape index (κ2) is 10.7. The molecule has 1 amide bonds. The third-order valence-electron chi connectivity index (χ3n) is 4.88. The topological polar surface area (TPSA) is 78.3 Å². The molecule has 33 heavy (non-hydrogen) atoms. The van der Waals surface area contributed by atoms with Crippen LogP contribution in [0.3, 0.4) is 0 Å². The zero-order valence-corrected chi connectivity index (χ0v) is 19.2. The second-order valence-electron chi connectivity index (χ2n) is 7.20. The van der Waals surface area contributed by atoms with Crippen LogP contribution in [0.2, 0.25) is 0 Å². The van der Waals surface area contributed by atoms with E-state index in [1.165, 1.54) is 11.8 Å². The van der Waals surface area contributed by atoms with Crippen LogP contribution in [-0.4, -0.2) is 33.0 Å². The van der Waals surface area contributed by atoms with Gasteiger partial charge in [-0.3, -0.25) is 9.36 Å². The first kappa shape index (κ1) is 22.4. The lowest BCUT2D eigenvalue weighted by molar-refractivity contribution is -0.115. The van der Waals surface area contributed by atoms with E-state index in [0.29, 0.717) is 23.2 Å². The van der Waals surface area contributed by atoms with Crippen molar-refractivity contribution in [3.63, 3.8) is 0 Å². The van der Waals surface area contributed by atoms with Crippen LogP contribution in [0.15, 0.2) is 90.3 Å². The van der Waals surface area contributed by atoms with Crippen LogP contribution in [0.25, 0.3) is 5.69 Å². The van der Waals surface area contributed by atoms with Crippen LogP contribution in [0, 0.1) is 0 Å². The van der Waals surface area contributed by atoms with E-state index in [0.717, 1.165) is 17.0 Å². The summed E-state index contributed by atoms with van der Waals surface area (Å²) in [5, 5.41) is 11.3. The Morgan fingerprint density at radius 2 is 1.76 bits per heavy atom. The smallest absolute Gasteiger partial charge is 0.237 e. The molecule has 1 aromatic heterocycles. The Labute approximate surface area is 196 Å². The Bertz CT molecular complexity index is 1200. The molecule has 4 rings (SSSR count). The second-order valence-corrected chi connectivity index (χ2v) is 8.51. The van der Waals surface area contributed by atoms with E-state index in [1.807, 2.05) is 90.4 Å². The minimum absolute atomic E-state index is 0.132. The molecule has 0 spiro atoms. The molecule has 7 nitrogen and oxygen atoms in total. The van der Waals surface area contributed by atoms with Crippen molar-refractivity contribution in [3.8, 4) is 17.2 Å². The van der Waals surface area contributed by atoms with Gasteiger partial charge < -0.3 is 14.8 Å². The summed E-state index contributed by atoms with van der Waals surface area (Å²) in [5.41, 5.74) is 2.61. The number of carbonyl (C=O) groups excluding carboxylic acids is 1. The predicted molar refractivity (Wildman–Crippen MR) is 129 cm³/mol. The molecule has 4 aromatic rings. The van der Waals surface area contributed by atoms with Gasteiger partial charge in [0.2, 0.25) is 5.91 Å². The number of carbonyl (C=O) groups is 1. The molecule has 0 aliphatic rings. The molecule has 1 atom stereocenters. The molecule has 0 saturated heterocycles. The zero-order chi connectivity index (χ0) is 23.0. The summed E-state index contributed by atoms with van der Waals surface area (Å²) < 4.78 is 13.0. The molecular formula is C25H24N4O3S. The lowest BCUT2D eigenvalue weighted by atomic mass is 10.2. The van der Waals surface area contributed by atoms with Gasteiger partial charge in [-0.25, -0.2) is 0 Å². The number of aromatic nitrogens is 3. The molecule has 0 saturated carbocycles. The number of hydrogen-bond acceptors (Lipinski definition) is 6. The van der Waals surface area contributed by atoms with E-state index >= 15 is 0 Å². The van der Waals surface area contributed by atoms with Gasteiger partial charge in [0.25, 0.3) is 0 Å². The van der Waals surface area contributed by atoms with Gasteiger partial charge in [0.1, 0.15) is 24.4 Å². The summed E-state index contributed by atoms with van der Waals surface area (Å²) in [5.74, 6) is 1.31. The van der Waals surface area contributed by atoms with Gasteiger partial charge in [-0.2, -0.15) is 0 Å². The number of ether oxygens (including phenoxy) is 2. The summed E-state index contributed by atoms with van der Waals surface area (Å²) in [6.07, 6.45) is 1.61. The maximum Gasteiger partial charge on any atom is 0.237 e. The maximum atomic E-state index is 12.8. The van der Waals surface area contributed by atoms with Crippen molar-refractivity contribution in [1.82, 2.24) is 14.8 Å². The summed E-state index contributed by atoms with van der Waals surface area (Å²) in [6, 6.07) is 24.9. The molecule has 0 bridgehead atoms. The van der Waals surface area contributed by atoms with Crippen molar-refractivity contribution in [3.05, 3.63) is 90.8 Å². The highest BCUT2D eigenvalue weighted by Crippen LogP contribution is 2.29. The molecule has 0 radical (unpaired) electrons. The highest BCUT2D eigenvalue weighted by atomic mass is 32.2. The van der Waals surface area contributed by atoms with Crippen LogP contribution in [0.4, 0.5) is 5.69 Å². The largest absolute Gasteiger partial charge is 0.495 e. The van der Waals surface area contributed by atoms with Gasteiger partial charge in [0.15, 0.2) is 5.16 Å². The third-order valence-corrected chi connectivity index (χ3v) is 5.94. The number of anilines is 1. The van der Waals surface area contributed by atoms with Gasteiger partial charge in [-0.1, -0.05) is 54.2 Å². The van der Waals surface area contributed by atoms with Crippen LogP contribution in [0.5, 0.6) is 11.5 Å². The molecule has 3 aromatic carbocycles. The number of hydrogen-bond donors (Lipinski definition) is 1. The van der Waals surface area contributed by atoms with Gasteiger partial charge in [0, 0.05) is 5.69 Å². The van der Waals surface area contributed by atoms with Crippen molar-refractivity contribution < 1.29 is 14.3 Å². The molecule has 0 aliphatic heterocycles. The van der Waals surface area contributed by atoms with E-state index < -0.39 is 5.25 Å². The average molecular weight is 461 g/mol. The van der Waals surface area contributed by atoms with E-state index in [4.69, 9.17) is 9.47 Å². The Morgan fingerprint density at radius 1 is 1.03 bits per heavy atom. The fourth-order valence-electron chi connectivity index (χ4n) is 3.13. The van der Waals surface area contributed by atoms with Crippen LogP contribution < -0.4 is 14.8 Å². The van der Waals surface area contributed by atoms with E-state index in [2.05, 4.69) is 15.5 Å². The quantitative estimate of drug-likeness (QED) is 0.355. The Kier molecular flexibility index (Phi) is 7.26. The molecule has 1 heterocycles. The van der Waals surface area contributed by atoms with Crippen LogP contribution in [0.1, 0.15) is 12.5 Å². The van der Waals surface area contributed by atoms with Crippen molar-refractivity contribution in [2.45, 2.75) is 23.9 Å². The Hall–Kier alpha value is -3.78. The molecule has 0 fully saturated rings. The van der Waals surface area contributed by atoms with Crippen molar-refractivity contribution in [2.75, 3.05) is 12.4 Å². The molecule has 0 unspecified atom stereocenters. The van der Waals surface area contributed by atoms with Gasteiger partial charge in [-0.15, -0.1) is 10.2 Å². The average Bonchev–Trinajstić information content (AvgIpc) is 3.32. The number of rotatable bonds is 9. The molecule has 168 valence electrons. The molecular weight excluding hydrogens is 436 g/mol. The summed E-state index contributed by atoms with van der Waals surface area (Å²) in [6.45, 7) is 2.33. The Morgan fingerprint density at radius 3 is 2.52 bits per heavy atom. The minimum atomic E-state index is -0.392. The monoisotopic (exact) mass is 460 g/mol. The summed E-state index contributed by atoms with van der Waals surface area (Å²) in [7, 11) is 1.62. The van der Waals surface area contributed by atoms with Crippen molar-refractivity contribution in [1.29, 1.82) is 0 Å². The number of methoxy groups -OCH3 is 1. The van der Waals surface area contributed by atoms with E-state index in [-0.39, 0.29) is 5.91 Å². The number of para-hydroxylation sites is 2. The lowest BCUT2D eigenvalue weighted by Gasteiger charge is -2.14. The number of nitrogens with zero attached hydrogens (tertiary/aromatic N) is 3. The number of amides is 1. The summed E-state index contributed by atoms with van der Waals surface area (Å²) in [4.78, 5) is 12.8. The lowest BCUT2D eigenvalue weighted by Crippen LogP contribution is -2.22. The molecule has 1 N–H and O–H groups in total. The molecule has 8 heteroatoms. The maximum absolute atomic E-state index is 12.8. The van der Waals surface area contributed by atoms with Gasteiger partial charge in [0.05, 0.1) is 18.0 Å².